The van der Waals surface area contributed by atoms with E-state index in [4.69, 9.17) is 0 Å². The van der Waals surface area contributed by atoms with Crippen LogP contribution < -0.4 is 0 Å². The smallest absolute Gasteiger partial charge is 0.00183 e. The van der Waals surface area contributed by atoms with Gasteiger partial charge in [-0.15, -0.1) is 0 Å². The van der Waals surface area contributed by atoms with Crippen LogP contribution in [0.3, 0.4) is 0 Å². The predicted octanol–water partition coefficient (Wildman–Crippen LogP) is 12.7. The molecule has 0 spiro atoms. The third kappa shape index (κ3) is 33.0. The zero-order valence-corrected chi connectivity index (χ0v) is 26.9. The zero-order valence-electron chi connectivity index (χ0n) is 26.9. The summed E-state index contributed by atoms with van der Waals surface area (Å²) in [7, 11) is 0. The van der Waals surface area contributed by atoms with Gasteiger partial charge >= 0.3 is 0 Å². The van der Waals surface area contributed by atoms with E-state index in [0.717, 1.165) is 19.4 Å². The van der Waals surface area contributed by atoms with E-state index in [-0.39, 0.29) is 0 Å². The number of hydrogen-bond donors (Lipinski definition) is 0. The molecule has 227 valence electrons. The molecule has 0 saturated heterocycles. The summed E-state index contributed by atoms with van der Waals surface area (Å²) in [6, 6.07) is 0. The second-order valence-corrected chi connectivity index (χ2v) is 11.5. The molecule has 0 saturated carbocycles. The number of allylic oxidation sites excluding steroid dienone is 8. The van der Waals surface area contributed by atoms with Gasteiger partial charge in [0.2, 0.25) is 0 Å². The molecule has 0 aromatic heterocycles. The monoisotopic (exact) mass is 541 g/mol. The standard InChI is InChI=1S/C38H70N/c1-4-7-9-11-13-15-17-19-21-23-25-27-29-31-33-35-37-39(6-3)38-36-34-32-30-28-26-24-22-20-18-16-14-12-10-8-5-2/h13-16,19-22H,3-12,17-18,23-38H2,1-2H3/b15-13-,16-14-,21-19-,22-20-. The third-order valence-electron chi connectivity index (χ3n) is 7.67. The van der Waals surface area contributed by atoms with Crippen molar-refractivity contribution in [3.8, 4) is 0 Å². The topological polar surface area (TPSA) is 3.24 Å². The van der Waals surface area contributed by atoms with Gasteiger partial charge in [0.15, 0.2) is 0 Å². The van der Waals surface area contributed by atoms with Crippen LogP contribution in [-0.2, 0) is 0 Å². The van der Waals surface area contributed by atoms with Crippen molar-refractivity contribution in [2.24, 2.45) is 0 Å². The fourth-order valence-electron chi connectivity index (χ4n) is 4.98. The molecular formula is C38H70N. The van der Waals surface area contributed by atoms with Crippen LogP contribution in [0.15, 0.2) is 48.6 Å². The molecule has 0 fully saturated rings. The molecule has 0 N–H and O–H groups in total. The van der Waals surface area contributed by atoms with Gasteiger partial charge in [0.05, 0.1) is 0 Å². The normalized spacial score (nSPS) is 12.5. The molecule has 1 nitrogen and oxygen atoms in total. The average molecular weight is 541 g/mol. The van der Waals surface area contributed by atoms with E-state index < -0.39 is 0 Å². The average Bonchev–Trinajstić information content (AvgIpc) is 2.95. The maximum atomic E-state index is 4.17. The second kappa shape index (κ2) is 34.9. The lowest BCUT2D eigenvalue weighted by atomic mass is 10.1. The molecule has 0 aliphatic heterocycles. The van der Waals surface area contributed by atoms with E-state index in [0.29, 0.717) is 0 Å². The van der Waals surface area contributed by atoms with Crippen LogP contribution in [0.4, 0.5) is 0 Å². The Morgan fingerprint density at radius 2 is 0.692 bits per heavy atom. The highest BCUT2D eigenvalue weighted by molar-refractivity contribution is 4.93. The van der Waals surface area contributed by atoms with Crippen molar-refractivity contribution < 1.29 is 0 Å². The van der Waals surface area contributed by atoms with Crippen LogP contribution in [-0.4, -0.2) is 24.5 Å². The first-order valence-corrected chi connectivity index (χ1v) is 17.5. The first-order valence-electron chi connectivity index (χ1n) is 17.5. The zero-order chi connectivity index (χ0) is 28.3. The van der Waals surface area contributed by atoms with Gasteiger partial charge in [-0.2, -0.15) is 0 Å². The molecule has 39 heavy (non-hydrogen) atoms. The summed E-state index contributed by atoms with van der Waals surface area (Å²) < 4.78 is 0. The molecule has 0 amide bonds. The Bertz CT molecular complexity index is 507. The van der Waals surface area contributed by atoms with Crippen LogP contribution in [0, 0.1) is 6.92 Å². The number of rotatable bonds is 31. The minimum atomic E-state index is 0.973. The molecular weight excluding hydrogens is 470 g/mol. The summed E-state index contributed by atoms with van der Waals surface area (Å²) in [6.07, 6.45) is 50.7. The van der Waals surface area contributed by atoms with Crippen LogP contribution >= 0.6 is 0 Å². The van der Waals surface area contributed by atoms with E-state index in [1.165, 1.54) is 154 Å². The summed E-state index contributed by atoms with van der Waals surface area (Å²) in [4.78, 5) is 2.58. The van der Waals surface area contributed by atoms with Gasteiger partial charge in [-0.3, -0.25) is 0 Å². The first kappa shape index (κ1) is 37.9. The molecule has 0 aromatic carbocycles. The van der Waals surface area contributed by atoms with Crippen molar-refractivity contribution in [3.05, 3.63) is 55.5 Å². The Hall–Kier alpha value is -1.08. The first-order chi connectivity index (χ1) is 19.3. The van der Waals surface area contributed by atoms with Crippen molar-refractivity contribution in [3.63, 3.8) is 0 Å². The maximum absolute atomic E-state index is 4.17. The van der Waals surface area contributed by atoms with Crippen molar-refractivity contribution in [2.75, 3.05) is 19.6 Å². The van der Waals surface area contributed by atoms with Crippen molar-refractivity contribution >= 4 is 0 Å². The Kier molecular flexibility index (Phi) is 34.0. The predicted molar refractivity (Wildman–Crippen MR) is 181 cm³/mol. The van der Waals surface area contributed by atoms with Crippen LogP contribution in [0.5, 0.6) is 0 Å². The second-order valence-electron chi connectivity index (χ2n) is 11.5. The molecule has 1 radical (unpaired) electrons. The number of nitrogens with zero attached hydrogens (tertiary/aromatic N) is 1. The lowest BCUT2D eigenvalue weighted by molar-refractivity contribution is 0.285. The van der Waals surface area contributed by atoms with Gasteiger partial charge in [-0.25, -0.2) is 0 Å². The van der Waals surface area contributed by atoms with Crippen LogP contribution in [0.25, 0.3) is 0 Å². The molecule has 0 bridgehead atoms. The van der Waals surface area contributed by atoms with E-state index in [1.807, 2.05) is 0 Å². The minimum Gasteiger partial charge on any atom is -0.303 e. The van der Waals surface area contributed by atoms with Gasteiger partial charge < -0.3 is 4.90 Å². The Morgan fingerprint density at radius 3 is 1.03 bits per heavy atom. The minimum absolute atomic E-state index is 0.973. The summed E-state index contributed by atoms with van der Waals surface area (Å²) in [5.41, 5.74) is 0. The van der Waals surface area contributed by atoms with Crippen molar-refractivity contribution in [1.82, 2.24) is 4.90 Å². The van der Waals surface area contributed by atoms with E-state index in [1.54, 1.807) is 0 Å². The molecule has 0 aliphatic carbocycles. The summed E-state index contributed by atoms with van der Waals surface area (Å²) in [5, 5.41) is 0. The quantitative estimate of drug-likeness (QED) is 0.0624. The highest BCUT2D eigenvalue weighted by Gasteiger charge is 2.02. The Balaban J connectivity index is 3.41. The highest BCUT2D eigenvalue weighted by Crippen LogP contribution is 2.11. The Labute approximate surface area is 247 Å². The fraction of sp³-hybridized carbons (Fsp3) is 0.763. The van der Waals surface area contributed by atoms with Gasteiger partial charge in [0.25, 0.3) is 0 Å². The maximum Gasteiger partial charge on any atom is -0.00183 e. The van der Waals surface area contributed by atoms with E-state index in [2.05, 4.69) is 74.3 Å². The summed E-state index contributed by atoms with van der Waals surface area (Å²) in [5.74, 6) is 0. The molecule has 1 heteroatoms. The van der Waals surface area contributed by atoms with Crippen molar-refractivity contribution in [2.45, 2.75) is 168 Å². The number of hydrogen-bond acceptors (Lipinski definition) is 1. The van der Waals surface area contributed by atoms with E-state index >= 15 is 0 Å². The molecule has 0 heterocycles. The lowest BCUT2D eigenvalue weighted by Crippen LogP contribution is -2.25. The van der Waals surface area contributed by atoms with Gasteiger partial charge in [0.1, 0.15) is 0 Å². The summed E-state index contributed by atoms with van der Waals surface area (Å²) >= 11 is 0. The molecule has 0 atom stereocenters. The highest BCUT2D eigenvalue weighted by atomic mass is 15.1. The molecule has 0 aromatic rings. The largest absolute Gasteiger partial charge is 0.303 e. The van der Waals surface area contributed by atoms with Crippen LogP contribution in [0.2, 0.25) is 0 Å². The van der Waals surface area contributed by atoms with Gasteiger partial charge in [0, 0.05) is 0 Å². The fourth-order valence-corrected chi connectivity index (χ4v) is 4.98. The van der Waals surface area contributed by atoms with Gasteiger partial charge in [-0.1, -0.05) is 140 Å². The third-order valence-corrected chi connectivity index (χ3v) is 7.67. The van der Waals surface area contributed by atoms with Gasteiger partial charge in [-0.05, 0) is 104 Å². The SMILES string of the molecule is [CH2]CN(CCCCCCCC/C=C\C/C=C\CCCCC)CCCCCCCC/C=C\C/C=C\CCCCC. The molecule has 0 rings (SSSR count). The molecule has 0 aliphatic rings. The lowest BCUT2D eigenvalue weighted by Gasteiger charge is -2.20. The molecule has 0 unspecified atom stereocenters. The van der Waals surface area contributed by atoms with Crippen molar-refractivity contribution in [1.29, 1.82) is 0 Å². The van der Waals surface area contributed by atoms with E-state index in [9.17, 15) is 0 Å². The number of unbranched alkanes of at least 4 members (excludes halogenated alkanes) is 18. The Morgan fingerprint density at radius 1 is 0.385 bits per heavy atom. The summed E-state index contributed by atoms with van der Waals surface area (Å²) in [6.45, 7) is 12.2. The van der Waals surface area contributed by atoms with Crippen LogP contribution in [0.1, 0.15) is 168 Å².